The van der Waals surface area contributed by atoms with Gasteiger partial charge in [-0.15, -0.1) is 0 Å². The van der Waals surface area contributed by atoms with Gasteiger partial charge in [0.05, 0.1) is 24.5 Å². The number of rotatable bonds is 4. The van der Waals surface area contributed by atoms with Crippen molar-refractivity contribution >= 4 is 29.3 Å². The van der Waals surface area contributed by atoms with Crippen LogP contribution >= 0.6 is 11.6 Å². The lowest BCUT2D eigenvalue weighted by Gasteiger charge is -2.28. The summed E-state index contributed by atoms with van der Waals surface area (Å²) in [5, 5.41) is 8.04. The van der Waals surface area contributed by atoms with Crippen molar-refractivity contribution in [3.63, 3.8) is 0 Å². The molecule has 0 fully saturated rings. The van der Waals surface area contributed by atoms with Crippen molar-refractivity contribution in [3.05, 3.63) is 76.1 Å². The van der Waals surface area contributed by atoms with Gasteiger partial charge in [0.25, 0.3) is 0 Å². The number of halogens is 1. The van der Waals surface area contributed by atoms with Gasteiger partial charge < -0.3 is 15.0 Å². The molecule has 2 aromatic carbocycles. The van der Waals surface area contributed by atoms with E-state index in [-0.39, 0.29) is 24.9 Å². The Morgan fingerprint density at radius 1 is 1.13 bits per heavy atom. The molecule has 2 heterocycles. The van der Waals surface area contributed by atoms with E-state index in [9.17, 15) is 9.59 Å². The number of amides is 2. The van der Waals surface area contributed by atoms with Crippen molar-refractivity contribution in [2.75, 3.05) is 18.5 Å². The molecule has 1 aliphatic heterocycles. The minimum Gasteiger partial charge on any atom is -0.461 e. The highest BCUT2D eigenvalue weighted by Gasteiger charge is 2.31. The maximum absolute atomic E-state index is 12.8. The Morgan fingerprint density at radius 2 is 1.84 bits per heavy atom. The Hall–Kier alpha value is -3.32. The van der Waals surface area contributed by atoms with Crippen molar-refractivity contribution in [3.8, 4) is 5.69 Å². The van der Waals surface area contributed by atoms with Gasteiger partial charge in [-0.05, 0) is 50.2 Å². The predicted octanol–water partition coefficient (Wildman–Crippen LogP) is 4.60. The van der Waals surface area contributed by atoms with E-state index in [0.717, 1.165) is 22.5 Å². The van der Waals surface area contributed by atoms with E-state index in [0.29, 0.717) is 23.7 Å². The van der Waals surface area contributed by atoms with Crippen LogP contribution in [0.2, 0.25) is 5.02 Å². The maximum atomic E-state index is 12.8. The molecule has 0 bridgehead atoms. The molecule has 0 spiro atoms. The van der Waals surface area contributed by atoms with Gasteiger partial charge in [-0.25, -0.2) is 14.3 Å². The van der Waals surface area contributed by atoms with Gasteiger partial charge in [-0.3, -0.25) is 0 Å². The number of hydrogen-bond donors (Lipinski definition) is 1. The third kappa shape index (κ3) is 4.41. The van der Waals surface area contributed by atoms with E-state index in [1.54, 1.807) is 40.8 Å². The third-order valence-corrected chi connectivity index (χ3v) is 5.44. The second-order valence-electron chi connectivity index (χ2n) is 7.35. The number of aromatic nitrogens is 2. The number of carbonyl (C=O) groups is 2. The van der Waals surface area contributed by atoms with Crippen molar-refractivity contribution in [1.82, 2.24) is 14.7 Å². The molecule has 0 saturated heterocycles. The van der Waals surface area contributed by atoms with Crippen LogP contribution in [-0.2, 0) is 17.7 Å². The Kier molecular flexibility index (Phi) is 5.95. The number of urea groups is 1. The van der Waals surface area contributed by atoms with Gasteiger partial charge in [0.15, 0.2) is 5.69 Å². The molecule has 1 aromatic heterocycles. The van der Waals surface area contributed by atoms with Crippen molar-refractivity contribution in [2.24, 2.45) is 0 Å². The van der Waals surface area contributed by atoms with Crippen LogP contribution in [0.1, 0.15) is 34.2 Å². The van der Waals surface area contributed by atoms with E-state index in [2.05, 4.69) is 10.4 Å². The van der Waals surface area contributed by atoms with Gasteiger partial charge in [-0.1, -0.05) is 29.3 Å². The number of carbonyl (C=O) groups excluding carboxylic acids is 2. The quantitative estimate of drug-likeness (QED) is 0.604. The summed E-state index contributed by atoms with van der Waals surface area (Å²) < 4.78 is 7.01. The second-order valence-corrected chi connectivity index (χ2v) is 7.79. The predicted molar refractivity (Wildman–Crippen MR) is 119 cm³/mol. The van der Waals surface area contributed by atoms with Crippen LogP contribution in [0.3, 0.4) is 0 Å². The Bertz CT molecular complexity index is 1110. The van der Waals surface area contributed by atoms with Gasteiger partial charge >= 0.3 is 12.0 Å². The first kappa shape index (κ1) is 20.9. The van der Waals surface area contributed by atoms with Crippen LogP contribution in [0.5, 0.6) is 0 Å². The van der Waals surface area contributed by atoms with Crippen LogP contribution in [-0.4, -0.2) is 39.8 Å². The number of ether oxygens (including phenoxy) is 1. The summed E-state index contributed by atoms with van der Waals surface area (Å²) in [4.78, 5) is 27.1. The first-order chi connectivity index (χ1) is 15.0. The summed E-state index contributed by atoms with van der Waals surface area (Å²) in [6.07, 6.45) is 0.573. The zero-order valence-corrected chi connectivity index (χ0v) is 18.1. The fraction of sp³-hybridized carbons (Fsp3) is 0.261. The van der Waals surface area contributed by atoms with E-state index in [4.69, 9.17) is 16.3 Å². The first-order valence-electron chi connectivity index (χ1n) is 10.1. The van der Waals surface area contributed by atoms with Gasteiger partial charge in [0.2, 0.25) is 0 Å². The highest BCUT2D eigenvalue weighted by molar-refractivity contribution is 6.30. The van der Waals surface area contributed by atoms with Crippen LogP contribution in [0.15, 0.2) is 48.5 Å². The molecule has 1 N–H and O–H groups in total. The molecule has 0 atom stereocenters. The Balaban J connectivity index is 1.63. The molecule has 0 aliphatic carbocycles. The van der Waals surface area contributed by atoms with Crippen LogP contribution in [0, 0.1) is 6.92 Å². The molecule has 0 radical (unpaired) electrons. The highest BCUT2D eigenvalue weighted by atomic mass is 35.5. The number of anilines is 1. The normalized spacial score (nSPS) is 12.9. The molecule has 4 rings (SSSR count). The van der Waals surface area contributed by atoms with Crippen LogP contribution in [0.25, 0.3) is 5.69 Å². The summed E-state index contributed by atoms with van der Waals surface area (Å²) in [5.74, 6) is -0.482. The SMILES string of the molecule is CCOC(=O)c1nn(-c2ccc(C)cc2)c2c1CN(C(=O)Nc1ccc(Cl)cc1)CC2. The summed E-state index contributed by atoms with van der Waals surface area (Å²) in [6, 6.07) is 14.6. The lowest BCUT2D eigenvalue weighted by atomic mass is 10.0. The fourth-order valence-electron chi connectivity index (χ4n) is 3.59. The average Bonchev–Trinajstić information content (AvgIpc) is 3.15. The standard InChI is InChI=1S/C23H23ClN4O3/c1-3-31-22(29)21-19-14-27(23(30)25-17-8-6-16(24)7-9-17)13-12-20(19)28(26-21)18-10-4-15(2)5-11-18/h4-11H,3,12-14H2,1-2H3,(H,25,30). The number of benzene rings is 2. The fourth-order valence-corrected chi connectivity index (χ4v) is 3.72. The van der Waals surface area contributed by atoms with Crippen LogP contribution in [0.4, 0.5) is 10.5 Å². The lowest BCUT2D eigenvalue weighted by molar-refractivity contribution is 0.0516. The molecular formula is C23H23ClN4O3. The number of esters is 1. The van der Waals surface area contributed by atoms with Crippen molar-refractivity contribution in [1.29, 1.82) is 0 Å². The van der Waals surface area contributed by atoms with E-state index in [1.807, 2.05) is 31.2 Å². The largest absolute Gasteiger partial charge is 0.461 e. The van der Waals surface area contributed by atoms with Gasteiger partial charge in [-0.2, -0.15) is 5.10 Å². The summed E-state index contributed by atoms with van der Waals surface area (Å²) in [6.45, 7) is 4.81. The molecule has 8 heteroatoms. The summed E-state index contributed by atoms with van der Waals surface area (Å²) >= 11 is 5.91. The molecule has 160 valence electrons. The molecule has 31 heavy (non-hydrogen) atoms. The first-order valence-corrected chi connectivity index (χ1v) is 10.5. The summed E-state index contributed by atoms with van der Waals surface area (Å²) in [5.41, 5.74) is 4.55. The lowest BCUT2D eigenvalue weighted by Crippen LogP contribution is -2.39. The monoisotopic (exact) mass is 438 g/mol. The molecule has 3 aromatic rings. The van der Waals surface area contributed by atoms with Crippen molar-refractivity contribution < 1.29 is 14.3 Å². The zero-order chi connectivity index (χ0) is 22.0. The molecule has 1 aliphatic rings. The van der Waals surface area contributed by atoms with E-state index < -0.39 is 5.97 Å². The topological polar surface area (TPSA) is 76.5 Å². The average molecular weight is 439 g/mol. The molecule has 0 saturated carbocycles. The van der Waals surface area contributed by atoms with E-state index in [1.165, 1.54) is 0 Å². The zero-order valence-electron chi connectivity index (χ0n) is 17.4. The van der Waals surface area contributed by atoms with E-state index >= 15 is 0 Å². The Morgan fingerprint density at radius 3 is 2.52 bits per heavy atom. The number of nitrogens with zero attached hydrogens (tertiary/aromatic N) is 3. The molecule has 2 amide bonds. The molecule has 0 unspecified atom stereocenters. The number of hydrogen-bond acceptors (Lipinski definition) is 4. The minimum absolute atomic E-state index is 0.245. The maximum Gasteiger partial charge on any atom is 0.359 e. The number of fused-ring (bicyclic) bond motifs is 1. The minimum atomic E-state index is -0.482. The number of aryl methyl sites for hydroxylation is 1. The van der Waals surface area contributed by atoms with Gasteiger partial charge in [0.1, 0.15) is 0 Å². The Labute approximate surface area is 185 Å². The number of nitrogens with one attached hydrogen (secondary N) is 1. The summed E-state index contributed by atoms with van der Waals surface area (Å²) in [7, 11) is 0. The third-order valence-electron chi connectivity index (χ3n) is 5.19. The molecule has 7 nitrogen and oxygen atoms in total. The highest BCUT2D eigenvalue weighted by Crippen LogP contribution is 2.27. The smallest absolute Gasteiger partial charge is 0.359 e. The van der Waals surface area contributed by atoms with Crippen LogP contribution < -0.4 is 5.32 Å². The second kappa shape index (κ2) is 8.81. The molecular weight excluding hydrogens is 416 g/mol. The van der Waals surface area contributed by atoms with Gasteiger partial charge in [0, 0.05) is 29.2 Å². The van der Waals surface area contributed by atoms with Crippen molar-refractivity contribution in [2.45, 2.75) is 26.8 Å².